The predicted octanol–water partition coefficient (Wildman–Crippen LogP) is 11.5. The first kappa shape index (κ1) is 25.8. The van der Waals surface area contributed by atoms with Crippen LogP contribution in [0.3, 0.4) is 0 Å². The number of nitrogens with one attached hydrogen (secondary N) is 1. The molecule has 0 amide bonds. The van der Waals surface area contributed by atoms with Gasteiger partial charge in [-0.3, -0.25) is 0 Å². The number of hydrogen-bond donors (Lipinski definition) is 1. The molecular weight excluding hydrogens is 532 g/mol. The summed E-state index contributed by atoms with van der Waals surface area (Å²) in [6.07, 6.45) is 0. The summed E-state index contributed by atoms with van der Waals surface area (Å²) in [5.41, 5.74) is 13.0. The summed E-state index contributed by atoms with van der Waals surface area (Å²) in [6, 6.07) is 62.7. The lowest BCUT2D eigenvalue weighted by atomic mass is 9.99. The smallest absolute Gasteiger partial charge is 0.0541 e. The number of benzene rings is 7. The summed E-state index contributed by atoms with van der Waals surface area (Å²) < 4.78 is 2.35. The van der Waals surface area contributed by atoms with E-state index in [1.54, 1.807) is 0 Å². The van der Waals surface area contributed by atoms with Crippen molar-refractivity contribution in [2.24, 2.45) is 0 Å². The van der Waals surface area contributed by atoms with E-state index in [1.807, 2.05) is 0 Å². The number of fused-ring (bicyclic) bond motifs is 3. The van der Waals surface area contributed by atoms with Crippen LogP contribution >= 0.6 is 0 Å². The van der Waals surface area contributed by atoms with Gasteiger partial charge in [-0.25, -0.2) is 0 Å². The Morgan fingerprint density at radius 3 is 1.45 bits per heavy atom. The standard InChI is InChI=1S/C42H30N2/c1-3-10-30(11-4-1)33-12-9-13-34(28-33)31-18-23-36(24-19-31)43-37-25-20-32(21-26-37)35-22-27-42-40(29-35)39-16-7-8-17-41(39)44(42)38-14-5-2-6-15-38/h1-29,43H. The molecule has 0 spiro atoms. The second-order valence-electron chi connectivity index (χ2n) is 11.1. The number of nitrogens with zero attached hydrogens (tertiary/aromatic N) is 1. The van der Waals surface area contributed by atoms with Crippen LogP contribution in [-0.4, -0.2) is 4.57 Å². The van der Waals surface area contributed by atoms with Crippen molar-refractivity contribution in [1.82, 2.24) is 4.57 Å². The molecule has 208 valence electrons. The van der Waals surface area contributed by atoms with Crippen molar-refractivity contribution < 1.29 is 0 Å². The molecule has 0 saturated heterocycles. The molecule has 8 aromatic rings. The van der Waals surface area contributed by atoms with Gasteiger partial charge in [0.05, 0.1) is 11.0 Å². The molecule has 0 atom stereocenters. The Kier molecular flexibility index (Phi) is 6.51. The zero-order chi connectivity index (χ0) is 29.3. The molecule has 0 unspecified atom stereocenters. The number of aromatic nitrogens is 1. The molecule has 2 heteroatoms. The quantitative estimate of drug-likeness (QED) is 0.213. The van der Waals surface area contributed by atoms with E-state index in [4.69, 9.17) is 0 Å². The van der Waals surface area contributed by atoms with Gasteiger partial charge in [0.1, 0.15) is 0 Å². The highest BCUT2D eigenvalue weighted by molar-refractivity contribution is 6.10. The Morgan fingerprint density at radius 2 is 0.795 bits per heavy atom. The molecule has 0 saturated carbocycles. The number of para-hydroxylation sites is 2. The summed E-state index contributed by atoms with van der Waals surface area (Å²) in [5, 5.41) is 6.10. The third kappa shape index (κ3) is 4.83. The van der Waals surface area contributed by atoms with E-state index >= 15 is 0 Å². The first-order chi connectivity index (χ1) is 21.8. The van der Waals surface area contributed by atoms with E-state index < -0.39 is 0 Å². The molecule has 0 radical (unpaired) electrons. The lowest BCUT2D eigenvalue weighted by Crippen LogP contribution is -1.93. The molecule has 0 aliphatic carbocycles. The minimum atomic E-state index is 1.06. The molecule has 44 heavy (non-hydrogen) atoms. The second-order valence-corrected chi connectivity index (χ2v) is 11.1. The van der Waals surface area contributed by atoms with Gasteiger partial charge in [-0.2, -0.15) is 0 Å². The monoisotopic (exact) mass is 562 g/mol. The van der Waals surface area contributed by atoms with E-state index in [2.05, 4.69) is 186 Å². The van der Waals surface area contributed by atoms with Crippen LogP contribution < -0.4 is 5.32 Å². The van der Waals surface area contributed by atoms with Gasteiger partial charge in [-0.15, -0.1) is 0 Å². The number of anilines is 2. The van der Waals surface area contributed by atoms with Crippen molar-refractivity contribution in [3.8, 4) is 39.1 Å². The third-order valence-electron chi connectivity index (χ3n) is 8.38. The Labute approximate surface area is 257 Å². The average Bonchev–Trinajstić information content (AvgIpc) is 3.43. The van der Waals surface area contributed by atoms with Gasteiger partial charge in [-0.1, -0.05) is 115 Å². The second kappa shape index (κ2) is 11.1. The maximum atomic E-state index is 3.57. The third-order valence-corrected chi connectivity index (χ3v) is 8.38. The maximum Gasteiger partial charge on any atom is 0.0541 e. The van der Waals surface area contributed by atoms with Crippen molar-refractivity contribution in [3.05, 3.63) is 176 Å². The summed E-state index contributed by atoms with van der Waals surface area (Å²) in [4.78, 5) is 0. The maximum absolute atomic E-state index is 3.57. The topological polar surface area (TPSA) is 17.0 Å². The van der Waals surface area contributed by atoms with Crippen molar-refractivity contribution >= 4 is 33.2 Å². The zero-order valence-electron chi connectivity index (χ0n) is 24.2. The van der Waals surface area contributed by atoms with Gasteiger partial charge < -0.3 is 9.88 Å². The minimum absolute atomic E-state index is 1.06. The number of rotatable bonds is 6. The molecule has 8 rings (SSSR count). The molecule has 0 aliphatic rings. The van der Waals surface area contributed by atoms with Crippen LogP contribution in [0.2, 0.25) is 0 Å². The largest absolute Gasteiger partial charge is 0.356 e. The van der Waals surface area contributed by atoms with Crippen LogP contribution in [-0.2, 0) is 0 Å². The Hall–Kier alpha value is -5.86. The fraction of sp³-hybridized carbons (Fsp3) is 0. The highest BCUT2D eigenvalue weighted by Crippen LogP contribution is 2.35. The minimum Gasteiger partial charge on any atom is -0.356 e. The Morgan fingerprint density at radius 1 is 0.318 bits per heavy atom. The molecular formula is C42H30N2. The summed E-state index contributed by atoms with van der Waals surface area (Å²) >= 11 is 0. The average molecular weight is 563 g/mol. The molecule has 2 nitrogen and oxygen atoms in total. The Balaban J connectivity index is 1.04. The fourth-order valence-electron chi connectivity index (χ4n) is 6.18. The molecule has 1 N–H and O–H groups in total. The lowest BCUT2D eigenvalue weighted by molar-refractivity contribution is 1.18. The lowest BCUT2D eigenvalue weighted by Gasteiger charge is -2.10. The van der Waals surface area contributed by atoms with Crippen molar-refractivity contribution in [2.45, 2.75) is 0 Å². The SMILES string of the molecule is c1ccc(-c2cccc(-c3ccc(Nc4ccc(-c5ccc6c(c5)c5ccccc5n6-c5ccccc5)cc4)cc3)c2)cc1. The highest BCUT2D eigenvalue weighted by Gasteiger charge is 2.13. The van der Waals surface area contributed by atoms with Gasteiger partial charge >= 0.3 is 0 Å². The zero-order valence-corrected chi connectivity index (χ0v) is 24.2. The van der Waals surface area contributed by atoms with Gasteiger partial charge in [0.25, 0.3) is 0 Å². The van der Waals surface area contributed by atoms with Crippen molar-refractivity contribution in [3.63, 3.8) is 0 Å². The highest BCUT2D eigenvalue weighted by atomic mass is 15.0. The van der Waals surface area contributed by atoms with E-state index in [1.165, 1.54) is 60.9 Å². The Bertz CT molecular complexity index is 2210. The fourth-order valence-corrected chi connectivity index (χ4v) is 6.18. The molecule has 0 aliphatic heterocycles. The van der Waals surface area contributed by atoms with E-state index in [-0.39, 0.29) is 0 Å². The van der Waals surface area contributed by atoms with Crippen LogP contribution in [0.1, 0.15) is 0 Å². The van der Waals surface area contributed by atoms with Gasteiger partial charge in [0, 0.05) is 27.8 Å². The van der Waals surface area contributed by atoms with Crippen molar-refractivity contribution in [2.75, 3.05) is 5.32 Å². The van der Waals surface area contributed by atoms with Gasteiger partial charge in [0.2, 0.25) is 0 Å². The van der Waals surface area contributed by atoms with Crippen LogP contribution in [0, 0.1) is 0 Å². The van der Waals surface area contributed by atoms with Gasteiger partial charge in [-0.05, 0) is 94.0 Å². The first-order valence-corrected chi connectivity index (χ1v) is 15.0. The molecule has 7 aromatic carbocycles. The number of hydrogen-bond acceptors (Lipinski definition) is 1. The summed E-state index contributed by atoms with van der Waals surface area (Å²) in [5.74, 6) is 0. The molecule has 0 bridgehead atoms. The normalized spacial score (nSPS) is 11.2. The predicted molar refractivity (Wildman–Crippen MR) is 187 cm³/mol. The van der Waals surface area contributed by atoms with Crippen molar-refractivity contribution in [1.29, 1.82) is 0 Å². The summed E-state index contributed by atoms with van der Waals surface area (Å²) in [7, 11) is 0. The molecule has 0 fully saturated rings. The summed E-state index contributed by atoms with van der Waals surface area (Å²) in [6.45, 7) is 0. The molecule has 1 heterocycles. The molecule has 1 aromatic heterocycles. The van der Waals surface area contributed by atoms with Crippen LogP contribution in [0.15, 0.2) is 176 Å². The van der Waals surface area contributed by atoms with E-state index in [9.17, 15) is 0 Å². The first-order valence-electron chi connectivity index (χ1n) is 15.0. The van der Waals surface area contributed by atoms with Crippen LogP contribution in [0.25, 0.3) is 60.9 Å². The van der Waals surface area contributed by atoms with E-state index in [0.717, 1.165) is 11.4 Å². The van der Waals surface area contributed by atoms with Crippen LogP contribution in [0.4, 0.5) is 11.4 Å². The van der Waals surface area contributed by atoms with E-state index in [0.29, 0.717) is 0 Å². The van der Waals surface area contributed by atoms with Gasteiger partial charge in [0.15, 0.2) is 0 Å². The van der Waals surface area contributed by atoms with Crippen LogP contribution in [0.5, 0.6) is 0 Å².